The fraction of sp³-hybridized carbons (Fsp3) is 0.200. The average Bonchev–Trinajstić information content (AvgIpc) is 2.43. The molecule has 1 atom stereocenters. The largest absolute Gasteiger partial charge is 0.494 e. The van der Waals surface area contributed by atoms with Gasteiger partial charge in [0.2, 0.25) is 0 Å². The van der Waals surface area contributed by atoms with E-state index in [1.54, 1.807) is 0 Å². The quantitative estimate of drug-likeness (QED) is 0.489. The van der Waals surface area contributed by atoms with Gasteiger partial charge in [0.15, 0.2) is 0 Å². The summed E-state index contributed by atoms with van der Waals surface area (Å²) in [4.78, 5) is 0. The van der Waals surface area contributed by atoms with Gasteiger partial charge in [0.05, 0.1) is 17.0 Å². The number of benzene rings is 2. The Bertz CT molecular complexity index is 617. The first-order chi connectivity index (χ1) is 9.54. The molecule has 5 heteroatoms. The second kappa shape index (κ2) is 7.17. The van der Waals surface area contributed by atoms with Crippen molar-refractivity contribution in [3.8, 4) is 5.75 Å². The molecule has 0 heterocycles. The molecule has 2 rings (SSSR count). The maximum atomic E-state index is 6.62. The first-order valence-electron chi connectivity index (χ1n) is 6.04. The van der Waals surface area contributed by atoms with Gasteiger partial charge in [0, 0.05) is 14.5 Å². The predicted molar refractivity (Wildman–Crippen MR) is 92.2 cm³/mol. The lowest BCUT2D eigenvalue weighted by atomic mass is 10.0. The molecule has 20 heavy (non-hydrogen) atoms. The second-order valence-electron chi connectivity index (χ2n) is 4.12. The van der Waals surface area contributed by atoms with E-state index in [0.717, 1.165) is 25.8 Å². The van der Waals surface area contributed by atoms with Crippen LogP contribution in [0.5, 0.6) is 5.75 Å². The Morgan fingerprint density at radius 1 is 1.15 bits per heavy atom. The number of rotatable bonds is 4. The zero-order valence-corrected chi connectivity index (χ0v) is 15.4. The van der Waals surface area contributed by atoms with Crippen LogP contribution >= 0.6 is 55.1 Å². The Hall–Kier alpha value is -0.220. The third-order valence-corrected chi connectivity index (χ3v) is 5.07. The fourth-order valence-corrected chi connectivity index (χ4v) is 3.29. The van der Waals surface area contributed by atoms with E-state index in [-0.39, 0.29) is 5.38 Å². The molecule has 0 aromatic heterocycles. The molecule has 2 aromatic rings. The van der Waals surface area contributed by atoms with Gasteiger partial charge < -0.3 is 4.74 Å². The topological polar surface area (TPSA) is 9.23 Å². The van der Waals surface area contributed by atoms with Crippen molar-refractivity contribution in [3.63, 3.8) is 0 Å². The molecule has 0 aliphatic heterocycles. The lowest BCUT2D eigenvalue weighted by Crippen LogP contribution is -2.01. The van der Waals surface area contributed by atoms with E-state index in [0.29, 0.717) is 11.6 Å². The van der Waals surface area contributed by atoms with Crippen molar-refractivity contribution >= 4 is 55.1 Å². The minimum atomic E-state index is -0.376. The highest BCUT2D eigenvalue weighted by molar-refractivity contribution is 9.10. The van der Waals surface area contributed by atoms with Crippen LogP contribution in [0.4, 0.5) is 0 Å². The summed E-state index contributed by atoms with van der Waals surface area (Å²) >= 11 is 19.8. The number of halogens is 4. The van der Waals surface area contributed by atoms with E-state index in [9.17, 15) is 0 Å². The lowest BCUT2D eigenvalue weighted by Gasteiger charge is -2.17. The van der Waals surface area contributed by atoms with Crippen LogP contribution in [-0.2, 0) is 0 Å². The van der Waals surface area contributed by atoms with Gasteiger partial charge in [0.25, 0.3) is 0 Å². The van der Waals surface area contributed by atoms with Crippen molar-refractivity contribution in [1.29, 1.82) is 0 Å². The van der Waals surface area contributed by atoms with E-state index in [1.165, 1.54) is 0 Å². The Kier molecular flexibility index (Phi) is 5.79. The third-order valence-electron chi connectivity index (χ3n) is 2.80. The Labute approximate surface area is 145 Å². The predicted octanol–water partition coefficient (Wildman–Crippen LogP) is 6.59. The van der Waals surface area contributed by atoms with Crippen LogP contribution in [0.2, 0.25) is 5.02 Å². The van der Waals surface area contributed by atoms with E-state index in [2.05, 4.69) is 31.9 Å². The van der Waals surface area contributed by atoms with Crippen LogP contribution in [0.15, 0.2) is 45.3 Å². The smallest absolute Gasteiger partial charge is 0.124 e. The SMILES string of the molecule is CCOc1ccc(Br)cc1C(Cl)c1cccc(Br)c1Cl. The molecular weight excluding hydrogens is 427 g/mol. The molecule has 0 spiro atoms. The van der Waals surface area contributed by atoms with Gasteiger partial charge in [-0.2, -0.15) is 0 Å². The summed E-state index contributed by atoms with van der Waals surface area (Å²) in [5.41, 5.74) is 1.74. The summed E-state index contributed by atoms with van der Waals surface area (Å²) < 4.78 is 7.43. The number of hydrogen-bond donors (Lipinski definition) is 0. The molecule has 0 saturated carbocycles. The van der Waals surface area contributed by atoms with Crippen LogP contribution in [0, 0.1) is 0 Å². The lowest BCUT2D eigenvalue weighted by molar-refractivity contribution is 0.337. The number of ether oxygens (including phenoxy) is 1. The fourth-order valence-electron chi connectivity index (χ4n) is 1.89. The van der Waals surface area contributed by atoms with E-state index >= 15 is 0 Å². The maximum absolute atomic E-state index is 6.62. The molecular formula is C15H12Br2Cl2O. The molecule has 0 aliphatic rings. The summed E-state index contributed by atoms with van der Waals surface area (Å²) in [6, 6.07) is 11.5. The minimum Gasteiger partial charge on any atom is -0.494 e. The van der Waals surface area contributed by atoms with Crippen molar-refractivity contribution < 1.29 is 4.74 Å². The Morgan fingerprint density at radius 3 is 2.60 bits per heavy atom. The molecule has 0 bridgehead atoms. The van der Waals surface area contributed by atoms with Crippen LogP contribution in [-0.4, -0.2) is 6.61 Å². The van der Waals surface area contributed by atoms with Crippen molar-refractivity contribution in [3.05, 3.63) is 61.5 Å². The van der Waals surface area contributed by atoms with Crippen molar-refractivity contribution in [2.24, 2.45) is 0 Å². The van der Waals surface area contributed by atoms with E-state index in [1.807, 2.05) is 43.3 Å². The van der Waals surface area contributed by atoms with Crippen molar-refractivity contribution in [2.45, 2.75) is 12.3 Å². The standard InChI is InChI=1S/C15H12Br2Cl2O/c1-2-20-13-7-6-9(16)8-11(13)14(18)10-4-3-5-12(17)15(10)19/h3-8,14H,2H2,1H3. The monoisotopic (exact) mass is 436 g/mol. The second-order valence-corrected chi connectivity index (χ2v) is 6.71. The summed E-state index contributed by atoms with van der Waals surface area (Å²) in [5, 5.41) is 0.244. The number of hydrogen-bond acceptors (Lipinski definition) is 1. The average molecular weight is 439 g/mol. The van der Waals surface area contributed by atoms with E-state index < -0.39 is 0 Å². The van der Waals surface area contributed by atoms with Gasteiger partial charge in [-0.3, -0.25) is 0 Å². The molecule has 0 amide bonds. The molecule has 106 valence electrons. The zero-order chi connectivity index (χ0) is 14.7. The highest BCUT2D eigenvalue weighted by Crippen LogP contribution is 2.41. The highest BCUT2D eigenvalue weighted by Gasteiger charge is 2.19. The van der Waals surface area contributed by atoms with Gasteiger partial charge in [-0.1, -0.05) is 39.7 Å². The van der Waals surface area contributed by atoms with Gasteiger partial charge in [0.1, 0.15) is 5.75 Å². The summed E-state index contributed by atoms with van der Waals surface area (Å²) in [6.45, 7) is 2.53. The Balaban J connectivity index is 2.49. The van der Waals surface area contributed by atoms with Gasteiger partial charge in [-0.15, -0.1) is 11.6 Å². The maximum Gasteiger partial charge on any atom is 0.124 e. The molecule has 1 nitrogen and oxygen atoms in total. The molecule has 2 aromatic carbocycles. The molecule has 0 N–H and O–H groups in total. The van der Waals surface area contributed by atoms with Gasteiger partial charge >= 0.3 is 0 Å². The van der Waals surface area contributed by atoms with Gasteiger partial charge in [-0.05, 0) is 52.7 Å². The summed E-state index contributed by atoms with van der Waals surface area (Å²) in [6.07, 6.45) is 0. The normalized spacial score (nSPS) is 12.2. The highest BCUT2D eigenvalue weighted by atomic mass is 79.9. The molecule has 0 saturated heterocycles. The number of alkyl halides is 1. The zero-order valence-electron chi connectivity index (χ0n) is 10.7. The Morgan fingerprint density at radius 2 is 1.90 bits per heavy atom. The van der Waals surface area contributed by atoms with Crippen LogP contribution in [0.1, 0.15) is 23.4 Å². The third kappa shape index (κ3) is 3.51. The van der Waals surface area contributed by atoms with Gasteiger partial charge in [-0.25, -0.2) is 0 Å². The first kappa shape index (κ1) is 16.2. The molecule has 1 unspecified atom stereocenters. The molecule has 0 aliphatic carbocycles. The molecule has 0 fully saturated rings. The van der Waals surface area contributed by atoms with Crippen molar-refractivity contribution in [2.75, 3.05) is 6.61 Å². The summed E-state index contributed by atoms with van der Waals surface area (Å²) in [7, 11) is 0. The van der Waals surface area contributed by atoms with Crippen LogP contribution < -0.4 is 4.74 Å². The van der Waals surface area contributed by atoms with Crippen LogP contribution in [0.25, 0.3) is 0 Å². The van der Waals surface area contributed by atoms with Crippen molar-refractivity contribution in [1.82, 2.24) is 0 Å². The van der Waals surface area contributed by atoms with E-state index in [4.69, 9.17) is 27.9 Å². The molecule has 0 radical (unpaired) electrons. The summed E-state index contributed by atoms with van der Waals surface area (Å²) in [5.74, 6) is 0.770. The minimum absolute atomic E-state index is 0.376. The first-order valence-corrected chi connectivity index (χ1v) is 8.44. The van der Waals surface area contributed by atoms with Crippen LogP contribution in [0.3, 0.4) is 0 Å².